The lowest BCUT2D eigenvalue weighted by Gasteiger charge is -2.36. The fourth-order valence-electron chi connectivity index (χ4n) is 8.83. The minimum Gasteiger partial charge on any atom is -0.488 e. The number of aromatic nitrogens is 3. The molecule has 3 fully saturated rings. The molecule has 5 atom stereocenters. The van der Waals surface area contributed by atoms with Gasteiger partial charge in [0.1, 0.15) is 17.5 Å². The van der Waals surface area contributed by atoms with Crippen molar-refractivity contribution in [1.82, 2.24) is 25.2 Å². The number of benzene rings is 1. The third-order valence-electron chi connectivity index (χ3n) is 12.4. The van der Waals surface area contributed by atoms with E-state index in [1.165, 1.54) is 41.8 Å². The maximum absolute atomic E-state index is 15.0. The van der Waals surface area contributed by atoms with E-state index in [4.69, 9.17) is 4.74 Å². The lowest BCUT2D eigenvalue weighted by molar-refractivity contribution is -0.147. The first-order valence-corrected chi connectivity index (χ1v) is 21.6. The first kappa shape index (κ1) is 45.4. The maximum atomic E-state index is 15.0. The van der Waals surface area contributed by atoms with E-state index >= 15 is 4.79 Å². The fraction of sp³-hybridized carbons (Fsp3) is 0.587. The normalized spacial score (nSPS) is 20.1. The molecule has 3 heterocycles. The number of rotatable bonds is 18. The van der Waals surface area contributed by atoms with Crippen molar-refractivity contribution in [3.63, 3.8) is 0 Å². The van der Waals surface area contributed by atoms with Crippen LogP contribution in [0.4, 0.5) is 13.2 Å². The first-order valence-electron chi connectivity index (χ1n) is 21.6. The van der Waals surface area contributed by atoms with Crippen LogP contribution in [0.5, 0.6) is 5.75 Å². The van der Waals surface area contributed by atoms with Crippen LogP contribution in [-0.2, 0) is 30.1 Å². The van der Waals surface area contributed by atoms with Gasteiger partial charge in [-0.3, -0.25) is 38.7 Å². The van der Waals surface area contributed by atoms with Crippen molar-refractivity contribution in [2.45, 2.75) is 136 Å². The molecule has 0 bridgehead atoms. The van der Waals surface area contributed by atoms with Crippen molar-refractivity contribution < 1.29 is 46.7 Å². The molecule has 3 aliphatic rings. The van der Waals surface area contributed by atoms with Gasteiger partial charge in [-0.25, -0.2) is 4.98 Å². The van der Waals surface area contributed by atoms with Crippen molar-refractivity contribution in [3.05, 3.63) is 60.3 Å². The smallest absolute Gasteiger partial charge is 0.416 e. The van der Waals surface area contributed by atoms with Crippen LogP contribution in [0.25, 0.3) is 10.9 Å². The van der Waals surface area contributed by atoms with E-state index in [-0.39, 0.29) is 66.8 Å². The van der Waals surface area contributed by atoms with Gasteiger partial charge in [-0.1, -0.05) is 53.4 Å². The van der Waals surface area contributed by atoms with Gasteiger partial charge in [0.2, 0.25) is 11.7 Å². The Morgan fingerprint density at radius 2 is 1.66 bits per heavy atom. The van der Waals surface area contributed by atoms with Gasteiger partial charge in [0.15, 0.2) is 17.3 Å². The van der Waals surface area contributed by atoms with E-state index in [9.17, 15) is 37.1 Å². The van der Waals surface area contributed by atoms with Gasteiger partial charge in [-0.05, 0) is 73.6 Å². The summed E-state index contributed by atoms with van der Waals surface area (Å²) in [5.74, 6) is -4.41. The first-order chi connectivity index (χ1) is 28.9. The summed E-state index contributed by atoms with van der Waals surface area (Å²) < 4.78 is 47.1. The summed E-state index contributed by atoms with van der Waals surface area (Å²) in [5.41, 5.74) is -1.58. The van der Waals surface area contributed by atoms with E-state index in [1.54, 1.807) is 0 Å². The summed E-state index contributed by atoms with van der Waals surface area (Å²) >= 11 is 0. The van der Waals surface area contributed by atoms with Gasteiger partial charge in [-0.2, -0.15) is 13.2 Å². The summed E-state index contributed by atoms with van der Waals surface area (Å²) in [6.45, 7) is 7.26. The van der Waals surface area contributed by atoms with Gasteiger partial charge >= 0.3 is 6.18 Å². The number of alkyl halides is 3. The second-order valence-corrected chi connectivity index (χ2v) is 18.1. The fourth-order valence-corrected chi connectivity index (χ4v) is 8.83. The number of hydrogen-bond donors (Lipinski definition) is 1. The number of amides is 2. The second kappa shape index (κ2) is 19.3. The number of ketones is 4. The molecule has 2 aromatic heterocycles. The predicted octanol–water partition coefficient (Wildman–Crippen LogP) is 7.71. The van der Waals surface area contributed by atoms with Gasteiger partial charge in [0.05, 0.1) is 35.9 Å². The number of nitrogens with one attached hydrogen (secondary N) is 1. The van der Waals surface area contributed by atoms with E-state index < -0.39 is 76.3 Å². The molecule has 1 aromatic carbocycles. The van der Waals surface area contributed by atoms with Crippen molar-refractivity contribution in [3.8, 4) is 5.75 Å². The van der Waals surface area contributed by atoms with Crippen molar-refractivity contribution >= 4 is 45.9 Å². The Balaban J connectivity index is 1.29. The minimum absolute atomic E-state index is 0.00174. The molecule has 15 heteroatoms. The number of ether oxygens (including phenoxy) is 1. The SMILES string of the molecule is CCC[C@H](CC(=O)[C@@H]1C[C@@H](Oc2ccnc3cc(C(F)(F)F)ccc23)CN1C(=O)[C@@H](CC(=O)[C@@H](NC(=O)c1cnccn1)C1CCCCC1)C(C)(C)C)C(=O)C(=O)CC1CC1. The highest BCUT2D eigenvalue weighted by Crippen LogP contribution is 2.39. The number of likely N-dealkylation sites (tertiary alicyclic amines) is 1. The summed E-state index contributed by atoms with van der Waals surface area (Å²) in [6.07, 6.45) is 6.59. The Labute approximate surface area is 354 Å². The number of halogens is 3. The monoisotopic (exact) mass is 847 g/mol. The summed E-state index contributed by atoms with van der Waals surface area (Å²) in [7, 11) is 0. The van der Waals surface area contributed by atoms with E-state index in [1.807, 2.05) is 27.7 Å². The summed E-state index contributed by atoms with van der Waals surface area (Å²) in [6, 6.07) is 2.66. The molecule has 0 radical (unpaired) electrons. The molecule has 1 N–H and O–H groups in total. The van der Waals surface area contributed by atoms with Crippen LogP contribution in [0.2, 0.25) is 0 Å². The highest BCUT2D eigenvalue weighted by Gasteiger charge is 2.47. The van der Waals surface area contributed by atoms with E-state index in [0.717, 1.165) is 57.1 Å². The number of hydrogen-bond acceptors (Lipinski definition) is 10. The number of nitrogens with zero attached hydrogens (tertiary/aromatic N) is 4. The molecule has 12 nitrogen and oxygen atoms in total. The Morgan fingerprint density at radius 3 is 2.30 bits per heavy atom. The molecule has 3 aromatic rings. The zero-order valence-corrected chi connectivity index (χ0v) is 35.3. The predicted molar refractivity (Wildman–Crippen MR) is 219 cm³/mol. The van der Waals surface area contributed by atoms with E-state index in [0.29, 0.717) is 18.2 Å². The zero-order chi connectivity index (χ0) is 44.1. The molecule has 328 valence electrons. The quantitative estimate of drug-likeness (QED) is 0.125. The summed E-state index contributed by atoms with van der Waals surface area (Å²) in [5, 5.41) is 3.21. The topological polar surface area (TPSA) is 166 Å². The van der Waals surface area contributed by atoms with Crippen molar-refractivity contribution in [2.75, 3.05) is 6.54 Å². The van der Waals surface area contributed by atoms with Crippen LogP contribution in [0.3, 0.4) is 0 Å². The molecule has 2 aliphatic carbocycles. The number of carbonyl (C=O) groups excluding carboxylic acids is 6. The number of fused-ring (bicyclic) bond motifs is 1. The Morgan fingerprint density at radius 1 is 0.918 bits per heavy atom. The standard InChI is InChI=1S/C46H56F3N5O7/c1-5-9-29(42(58)39(57)20-27-12-13-27)21-37(55)36-23-31(61-40-16-17-51-34-22-30(46(47,48)49)14-15-32(34)40)26-54(36)44(60)33(45(2,3)4)24-38(56)41(28-10-7-6-8-11-28)53-43(59)35-25-50-18-19-52-35/h14-19,22,25,27-29,31,33,36,41H,5-13,20-21,23-24,26H2,1-4H3,(H,53,59)/t29-,31-,33-,36+,41+/m1/s1. The third kappa shape index (κ3) is 11.4. The number of Topliss-reactive ketones (excluding diaryl/α,β-unsaturated/α-hetero) is 4. The van der Waals surface area contributed by atoms with Crippen LogP contribution in [0.1, 0.15) is 127 Å². The molecule has 1 aliphatic heterocycles. The van der Waals surface area contributed by atoms with Crippen molar-refractivity contribution in [1.29, 1.82) is 0 Å². The minimum atomic E-state index is -4.59. The largest absolute Gasteiger partial charge is 0.488 e. The molecule has 2 amide bonds. The maximum Gasteiger partial charge on any atom is 0.416 e. The second-order valence-electron chi connectivity index (χ2n) is 18.1. The van der Waals surface area contributed by atoms with Crippen molar-refractivity contribution in [2.24, 2.45) is 29.1 Å². The lowest BCUT2D eigenvalue weighted by atomic mass is 9.74. The molecular weight excluding hydrogens is 792 g/mol. The Hall–Kier alpha value is -5.08. The van der Waals surface area contributed by atoms with Gasteiger partial charge < -0.3 is 15.0 Å². The van der Waals surface area contributed by atoms with Gasteiger partial charge in [0.25, 0.3) is 5.91 Å². The van der Waals surface area contributed by atoms with Gasteiger partial charge in [-0.15, -0.1) is 0 Å². The number of pyridine rings is 1. The third-order valence-corrected chi connectivity index (χ3v) is 12.4. The van der Waals surface area contributed by atoms with Crippen LogP contribution >= 0.6 is 0 Å². The average Bonchev–Trinajstić information content (AvgIpc) is 3.95. The zero-order valence-electron chi connectivity index (χ0n) is 35.3. The molecule has 0 unspecified atom stereocenters. The van der Waals surface area contributed by atoms with E-state index in [2.05, 4.69) is 20.3 Å². The van der Waals surface area contributed by atoms with Crippen LogP contribution in [0, 0.1) is 29.1 Å². The molecule has 1 saturated heterocycles. The molecule has 2 saturated carbocycles. The molecule has 61 heavy (non-hydrogen) atoms. The molecule has 6 rings (SSSR count). The van der Waals surface area contributed by atoms with Crippen LogP contribution < -0.4 is 10.1 Å². The lowest BCUT2D eigenvalue weighted by Crippen LogP contribution is -2.51. The molecular formula is C46H56F3N5O7. The highest BCUT2D eigenvalue weighted by atomic mass is 19.4. The van der Waals surface area contributed by atoms with Crippen LogP contribution in [-0.4, -0.2) is 79.5 Å². The highest BCUT2D eigenvalue weighted by molar-refractivity contribution is 6.38. The number of carbonyl (C=O) groups is 6. The van der Waals surface area contributed by atoms with Gasteiger partial charge in [0, 0.05) is 61.5 Å². The Bertz CT molecular complexity index is 2100. The van der Waals surface area contributed by atoms with Crippen LogP contribution in [0.15, 0.2) is 49.1 Å². The molecule has 0 spiro atoms. The Kier molecular flexibility index (Phi) is 14.4. The summed E-state index contributed by atoms with van der Waals surface area (Å²) in [4.78, 5) is 97.4. The average molecular weight is 848 g/mol.